The Hall–Kier alpha value is -1.21. The molecule has 94 heavy (non-hydrogen) atoms. The first kappa shape index (κ1) is 87.0. The van der Waals surface area contributed by atoms with Gasteiger partial charge < -0.3 is 89.9 Å². The number of hydrogen-bond acceptors (Lipinski definition) is 18. The lowest BCUT2D eigenvalue weighted by Gasteiger charge is -2.48. The summed E-state index contributed by atoms with van der Waals surface area (Å²) in [6.45, 7) is 1.87. The van der Waals surface area contributed by atoms with Crippen LogP contribution in [0, 0.1) is 0 Å². The van der Waals surface area contributed by atoms with Gasteiger partial charge in [0, 0.05) is 6.42 Å². The monoisotopic (exact) mass is 1350 g/mol. The SMILES string of the molecule is CCCCCCCCCCCCCCCCCCCCCCCCCCCCCCCCC(=O)NC(COC1OC(CO)C(OC2OC(CO)C(OC3OC(CO)C(O)C(O)C3O)C(O)C2O)C(O)C1O)C(O)CCCCCCCCCCCCCCCCCCCCC. The predicted octanol–water partition coefficient (Wildman–Crippen LogP) is 12.2. The van der Waals surface area contributed by atoms with Gasteiger partial charge in [-0.1, -0.05) is 322 Å². The summed E-state index contributed by atoms with van der Waals surface area (Å²) in [5, 5.41) is 121. The van der Waals surface area contributed by atoms with E-state index >= 15 is 0 Å². The molecule has 3 aliphatic heterocycles. The highest BCUT2D eigenvalue weighted by atomic mass is 16.8. The van der Waals surface area contributed by atoms with Crippen molar-refractivity contribution in [3.63, 3.8) is 0 Å². The number of amides is 1. The van der Waals surface area contributed by atoms with E-state index in [-0.39, 0.29) is 18.9 Å². The van der Waals surface area contributed by atoms with Crippen molar-refractivity contribution in [2.75, 3.05) is 26.4 Å². The fraction of sp³-hybridized carbons (Fsp3) is 0.987. The zero-order valence-electron chi connectivity index (χ0n) is 59.5. The van der Waals surface area contributed by atoms with E-state index in [4.69, 9.17) is 28.4 Å². The Balaban J connectivity index is 1.36. The number of hydrogen-bond donors (Lipinski definition) is 12. The zero-order chi connectivity index (χ0) is 68.2. The topological polar surface area (TPSA) is 307 Å². The third-order valence-corrected chi connectivity index (χ3v) is 20.2. The highest BCUT2D eigenvalue weighted by molar-refractivity contribution is 5.76. The zero-order valence-corrected chi connectivity index (χ0v) is 59.5. The number of nitrogens with one attached hydrogen (secondary N) is 1. The number of carbonyl (C=O) groups is 1. The lowest BCUT2D eigenvalue weighted by Crippen LogP contribution is -2.66. The Morgan fingerprint density at radius 3 is 0.926 bits per heavy atom. The highest BCUT2D eigenvalue weighted by Crippen LogP contribution is 2.33. The van der Waals surface area contributed by atoms with Crippen LogP contribution >= 0.6 is 0 Å². The molecule has 3 saturated heterocycles. The summed E-state index contributed by atoms with van der Waals surface area (Å²) in [5.74, 6) is -0.233. The first-order chi connectivity index (χ1) is 45.8. The summed E-state index contributed by atoms with van der Waals surface area (Å²) in [6, 6.07) is -0.882. The second-order valence-corrected chi connectivity index (χ2v) is 28.5. The van der Waals surface area contributed by atoms with Crippen LogP contribution in [-0.4, -0.2) is 193 Å². The average molecular weight is 1350 g/mol. The first-order valence-electron chi connectivity index (χ1n) is 39.3. The molecular weight excluding hydrogens is 1200 g/mol. The smallest absolute Gasteiger partial charge is 0.220 e. The Labute approximate surface area is 570 Å². The minimum absolute atomic E-state index is 0.233. The van der Waals surface area contributed by atoms with Crippen LogP contribution in [0.15, 0.2) is 0 Å². The quantitative estimate of drug-likeness (QED) is 0.0252. The Kier molecular flexibility index (Phi) is 53.1. The minimum Gasteiger partial charge on any atom is -0.394 e. The maximum absolute atomic E-state index is 13.5. The summed E-state index contributed by atoms with van der Waals surface area (Å²) in [7, 11) is 0. The molecule has 3 aliphatic rings. The molecule has 17 unspecified atom stereocenters. The summed E-state index contributed by atoms with van der Waals surface area (Å²) in [6.07, 6.45) is 37.7. The second-order valence-electron chi connectivity index (χ2n) is 28.5. The van der Waals surface area contributed by atoms with Gasteiger partial charge in [0.1, 0.15) is 73.2 Å². The van der Waals surface area contributed by atoms with Gasteiger partial charge in [0.25, 0.3) is 0 Å². The van der Waals surface area contributed by atoms with E-state index in [1.54, 1.807) is 0 Å². The molecule has 19 nitrogen and oxygen atoms in total. The fourth-order valence-electron chi connectivity index (χ4n) is 13.8. The molecule has 19 heteroatoms. The summed E-state index contributed by atoms with van der Waals surface area (Å²) in [5.41, 5.74) is 0. The van der Waals surface area contributed by atoms with Gasteiger partial charge in [0.2, 0.25) is 5.91 Å². The predicted molar refractivity (Wildman–Crippen MR) is 370 cm³/mol. The molecule has 0 saturated carbocycles. The highest BCUT2D eigenvalue weighted by Gasteiger charge is 2.54. The van der Waals surface area contributed by atoms with E-state index in [9.17, 15) is 61.0 Å². The molecular formula is C75H145NO18. The van der Waals surface area contributed by atoms with Gasteiger partial charge in [-0.25, -0.2) is 0 Å². The molecule has 0 aromatic heterocycles. The molecule has 0 radical (unpaired) electrons. The number of aliphatic hydroxyl groups is 11. The van der Waals surface area contributed by atoms with Crippen LogP contribution in [0.4, 0.5) is 0 Å². The van der Waals surface area contributed by atoms with Gasteiger partial charge in [0.05, 0.1) is 38.6 Å². The molecule has 12 N–H and O–H groups in total. The van der Waals surface area contributed by atoms with E-state index < -0.39 is 124 Å². The van der Waals surface area contributed by atoms with E-state index in [2.05, 4.69) is 19.2 Å². The van der Waals surface area contributed by atoms with Gasteiger partial charge >= 0.3 is 0 Å². The van der Waals surface area contributed by atoms with Crippen LogP contribution in [0.25, 0.3) is 0 Å². The van der Waals surface area contributed by atoms with Crippen LogP contribution in [-0.2, 0) is 33.2 Å². The summed E-state index contributed by atoms with van der Waals surface area (Å²) in [4.78, 5) is 13.5. The molecule has 3 heterocycles. The third-order valence-electron chi connectivity index (χ3n) is 20.2. The van der Waals surface area contributed by atoms with E-state index in [1.165, 1.54) is 263 Å². The van der Waals surface area contributed by atoms with Crippen molar-refractivity contribution < 1.29 is 89.4 Å². The number of unbranched alkanes of at least 4 members (excludes halogenated alkanes) is 47. The van der Waals surface area contributed by atoms with E-state index in [0.29, 0.717) is 12.8 Å². The molecule has 3 rings (SSSR count). The molecule has 0 aromatic rings. The van der Waals surface area contributed by atoms with E-state index in [0.717, 1.165) is 44.9 Å². The Bertz CT molecular complexity index is 1700. The van der Waals surface area contributed by atoms with Gasteiger partial charge in [-0.15, -0.1) is 0 Å². The van der Waals surface area contributed by atoms with Crippen molar-refractivity contribution in [1.82, 2.24) is 5.32 Å². The number of aliphatic hydroxyl groups excluding tert-OH is 11. The molecule has 0 bridgehead atoms. The lowest BCUT2D eigenvalue weighted by atomic mass is 9.96. The average Bonchev–Trinajstić information content (AvgIpc) is 0.787. The molecule has 0 aromatic carbocycles. The lowest BCUT2D eigenvalue weighted by molar-refractivity contribution is -0.379. The van der Waals surface area contributed by atoms with Gasteiger partial charge in [-0.3, -0.25) is 4.79 Å². The normalized spacial score (nSPS) is 27.3. The maximum atomic E-state index is 13.5. The largest absolute Gasteiger partial charge is 0.394 e. The van der Waals surface area contributed by atoms with Crippen LogP contribution in [0.3, 0.4) is 0 Å². The molecule has 558 valence electrons. The van der Waals surface area contributed by atoms with Gasteiger partial charge in [-0.2, -0.15) is 0 Å². The van der Waals surface area contributed by atoms with Crippen molar-refractivity contribution in [2.24, 2.45) is 0 Å². The summed E-state index contributed by atoms with van der Waals surface area (Å²) < 4.78 is 34.5. The van der Waals surface area contributed by atoms with E-state index in [1.807, 2.05) is 0 Å². The first-order valence-corrected chi connectivity index (χ1v) is 39.3. The third kappa shape index (κ3) is 38.0. The van der Waals surface area contributed by atoms with Crippen molar-refractivity contribution in [3.8, 4) is 0 Å². The van der Waals surface area contributed by atoms with Crippen molar-refractivity contribution >= 4 is 5.91 Å². The van der Waals surface area contributed by atoms with Crippen molar-refractivity contribution in [1.29, 1.82) is 0 Å². The molecule has 1 amide bonds. The number of rotatable bonds is 63. The Morgan fingerprint density at radius 1 is 0.340 bits per heavy atom. The van der Waals surface area contributed by atoms with Gasteiger partial charge in [0.15, 0.2) is 18.9 Å². The maximum Gasteiger partial charge on any atom is 0.220 e. The number of ether oxygens (including phenoxy) is 6. The van der Waals surface area contributed by atoms with Gasteiger partial charge in [-0.05, 0) is 12.8 Å². The minimum atomic E-state index is -1.97. The summed E-state index contributed by atoms with van der Waals surface area (Å²) >= 11 is 0. The van der Waals surface area contributed by atoms with Crippen LogP contribution in [0.1, 0.15) is 341 Å². The van der Waals surface area contributed by atoms with Crippen LogP contribution < -0.4 is 5.32 Å². The second kappa shape index (κ2) is 57.4. The molecule has 0 spiro atoms. The van der Waals surface area contributed by atoms with Crippen LogP contribution in [0.2, 0.25) is 0 Å². The van der Waals surface area contributed by atoms with Crippen molar-refractivity contribution in [2.45, 2.75) is 446 Å². The molecule has 3 fully saturated rings. The van der Waals surface area contributed by atoms with Crippen LogP contribution in [0.5, 0.6) is 0 Å². The standard InChI is InChI=1S/C75H145NO18/c1-3-5-7-9-11-13-15-17-19-21-23-24-25-26-27-28-29-30-31-32-33-35-37-39-41-43-45-47-49-51-53-63(81)76-58(59(80)52-50-48-46-44-42-40-38-36-34-22-20-18-16-14-12-10-8-6-4-2)57-89-73-69(87)66(84)71(61(55-78)91-73)94-75-70(88)67(85)72(62(56-79)92-75)93-74-68(86)65(83)64(82)60(54-77)90-74/h58-62,64-75,77-80,82-88H,3-57H2,1-2H3,(H,76,81). The Morgan fingerprint density at radius 2 is 0.606 bits per heavy atom. The molecule has 17 atom stereocenters. The molecule has 0 aliphatic carbocycles. The van der Waals surface area contributed by atoms with Crippen molar-refractivity contribution in [3.05, 3.63) is 0 Å². The fourth-order valence-corrected chi connectivity index (χ4v) is 13.8. The number of carbonyl (C=O) groups excluding carboxylic acids is 1.